The monoisotopic (exact) mass is 363 g/mol. The largest absolute Gasteiger partial charge is 0.449 e. The Bertz CT molecular complexity index is 756. The van der Waals surface area contributed by atoms with Gasteiger partial charge >= 0.3 is 6.09 Å². The molecule has 0 aliphatic rings. The summed E-state index contributed by atoms with van der Waals surface area (Å²) in [6, 6.07) is 17.8. The lowest BCUT2D eigenvalue weighted by Gasteiger charge is -2.19. The number of unbranched alkanes of at least 4 members (excludes halogenated alkanes) is 1. The second-order valence-corrected chi connectivity index (χ2v) is 5.87. The van der Waals surface area contributed by atoms with Gasteiger partial charge < -0.3 is 4.74 Å². The maximum Gasteiger partial charge on any atom is 0.423 e. The molecule has 0 saturated heterocycles. The number of nitrogens with zero attached hydrogens (tertiary/aromatic N) is 1. The van der Waals surface area contributed by atoms with Gasteiger partial charge in [-0.05, 0) is 17.5 Å². The quantitative estimate of drug-likeness (QED) is 0.559. The zero-order chi connectivity index (χ0) is 19.5. The molecule has 5 heteroatoms. The lowest BCUT2D eigenvalue weighted by atomic mass is 10.1. The number of terminal acetylenes is 1. The molecular formula is C22H21NO4. The number of amides is 3. The summed E-state index contributed by atoms with van der Waals surface area (Å²) < 4.78 is 5.07. The fourth-order valence-electron chi connectivity index (χ4n) is 2.44. The summed E-state index contributed by atoms with van der Waals surface area (Å²) in [6.07, 6.45) is 4.98. The summed E-state index contributed by atoms with van der Waals surface area (Å²) in [6.45, 7) is 0.0523. The van der Waals surface area contributed by atoms with Crippen LogP contribution in [-0.4, -0.2) is 29.4 Å². The molecule has 0 aliphatic heterocycles. The average molecular weight is 363 g/mol. The highest BCUT2D eigenvalue weighted by Crippen LogP contribution is 2.09. The van der Waals surface area contributed by atoms with E-state index in [9.17, 15) is 14.4 Å². The number of carbonyl (C=O) groups excluding carboxylic acids is 3. The standard InChI is InChI=1S/C22H21NO4/c1-2-3-10-15-27-22(26)23(20(24)16-18-11-6-4-7-12-18)21(25)17-19-13-8-5-9-14-19/h1,4-9,11-14H,3,10,15-17H2. The van der Waals surface area contributed by atoms with Crippen LogP contribution in [-0.2, 0) is 27.2 Å². The van der Waals surface area contributed by atoms with E-state index in [0.29, 0.717) is 28.9 Å². The first kappa shape index (κ1) is 19.9. The Kier molecular flexibility index (Phi) is 7.80. The summed E-state index contributed by atoms with van der Waals surface area (Å²) in [7, 11) is 0. The molecule has 0 N–H and O–H groups in total. The Morgan fingerprint density at radius 1 is 0.852 bits per heavy atom. The van der Waals surface area contributed by atoms with E-state index in [-0.39, 0.29) is 19.4 Å². The number of carbonyl (C=O) groups is 3. The third kappa shape index (κ3) is 6.44. The van der Waals surface area contributed by atoms with Crippen LogP contribution in [0.15, 0.2) is 60.7 Å². The van der Waals surface area contributed by atoms with Crippen molar-refractivity contribution in [3.05, 3.63) is 71.8 Å². The van der Waals surface area contributed by atoms with E-state index in [1.165, 1.54) is 0 Å². The SMILES string of the molecule is C#CCCCOC(=O)N(C(=O)Cc1ccccc1)C(=O)Cc1ccccc1. The molecule has 27 heavy (non-hydrogen) atoms. The van der Waals surface area contributed by atoms with Crippen molar-refractivity contribution in [3.8, 4) is 12.3 Å². The van der Waals surface area contributed by atoms with Crippen molar-refractivity contribution >= 4 is 17.9 Å². The second kappa shape index (κ2) is 10.6. The van der Waals surface area contributed by atoms with Crippen LogP contribution in [0.3, 0.4) is 0 Å². The van der Waals surface area contributed by atoms with Gasteiger partial charge in [-0.1, -0.05) is 60.7 Å². The number of hydrogen-bond donors (Lipinski definition) is 0. The Hall–Kier alpha value is -3.39. The van der Waals surface area contributed by atoms with Gasteiger partial charge in [0, 0.05) is 6.42 Å². The molecule has 0 spiro atoms. The van der Waals surface area contributed by atoms with E-state index >= 15 is 0 Å². The van der Waals surface area contributed by atoms with Crippen LogP contribution in [0.4, 0.5) is 4.79 Å². The lowest BCUT2D eigenvalue weighted by Crippen LogP contribution is -2.44. The van der Waals surface area contributed by atoms with E-state index in [2.05, 4.69) is 5.92 Å². The molecule has 0 aliphatic carbocycles. The number of rotatable bonds is 7. The smallest absolute Gasteiger partial charge is 0.423 e. The zero-order valence-corrected chi connectivity index (χ0v) is 15.0. The van der Waals surface area contributed by atoms with Crippen molar-refractivity contribution < 1.29 is 19.1 Å². The highest BCUT2D eigenvalue weighted by molar-refractivity contribution is 6.09. The minimum Gasteiger partial charge on any atom is -0.449 e. The van der Waals surface area contributed by atoms with Gasteiger partial charge in [0.1, 0.15) is 0 Å². The van der Waals surface area contributed by atoms with E-state index in [0.717, 1.165) is 0 Å². The van der Waals surface area contributed by atoms with E-state index in [1.54, 1.807) is 48.5 Å². The predicted octanol–water partition coefficient (Wildman–Crippen LogP) is 3.38. The summed E-state index contributed by atoms with van der Waals surface area (Å²) in [4.78, 5) is 38.3. The highest BCUT2D eigenvalue weighted by atomic mass is 16.6. The summed E-state index contributed by atoms with van der Waals surface area (Å²) >= 11 is 0. The molecule has 0 radical (unpaired) electrons. The maximum atomic E-state index is 12.6. The van der Waals surface area contributed by atoms with Gasteiger partial charge in [-0.3, -0.25) is 9.59 Å². The molecule has 0 saturated carbocycles. The minimum absolute atomic E-state index is 0.0523. The van der Waals surface area contributed by atoms with Gasteiger partial charge in [-0.2, -0.15) is 4.90 Å². The zero-order valence-electron chi connectivity index (χ0n) is 15.0. The first-order chi connectivity index (χ1) is 13.1. The highest BCUT2D eigenvalue weighted by Gasteiger charge is 2.29. The van der Waals surface area contributed by atoms with Gasteiger partial charge in [0.15, 0.2) is 0 Å². The molecule has 0 atom stereocenters. The minimum atomic E-state index is -0.964. The normalized spacial score (nSPS) is 9.89. The van der Waals surface area contributed by atoms with Crippen molar-refractivity contribution in [3.63, 3.8) is 0 Å². The molecule has 0 aromatic heterocycles. The maximum absolute atomic E-state index is 12.6. The van der Waals surface area contributed by atoms with E-state index in [4.69, 9.17) is 11.2 Å². The number of benzene rings is 2. The Labute approximate surface area is 158 Å². The second-order valence-electron chi connectivity index (χ2n) is 5.87. The van der Waals surface area contributed by atoms with Crippen LogP contribution in [0, 0.1) is 12.3 Å². The summed E-state index contributed by atoms with van der Waals surface area (Å²) in [5, 5.41) is 0. The fraction of sp³-hybridized carbons (Fsp3) is 0.227. The van der Waals surface area contributed by atoms with Crippen LogP contribution in [0.5, 0.6) is 0 Å². The topological polar surface area (TPSA) is 63.7 Å². The Morgan fingerprint density at radius 3 is 1.78 bits per heavy atom. The first-order valence-corrected chi connectivity index (χ1v) is 8.65. The molecule has 2 rings (SSSR count). The third-order valence-corrected chi connectivity index (χ3v) is 3.77. The molecule has 0 heterocycles. The molecule has 2 aromatic rings. The van der Waals surface area contributed by atoms with E-state index < -0.39 is 17.9 Å². The predicted molar refractivity (Wildman–Crippen MR) is 102 cm³/mol. The van der Waals surface area contributed by atoms with Crippen molar-refractivity contribution in [2.45, 2.75) is 25.7 Å². The van der Waals surface area contributed by atoms with Crippen LogP contribution in [0.1, 0.15) is 24.0 Å². The van der Waals surface area contributed by atoms with Crippen molar-refractivity contribution in [1.82, 2.24) is 4.90 Å². The van der Waals surface area contributed by atoms with E-state index in [1.807, 2.05) is 12.1 Å². The molecule has 2 aromatic carbocycles. The first-order valence-electron chi connectivity index (χ1n) is 8.65. The fourth-order valence-corrected chi connectivity index (χ4v) is 2.44. The van der Waals surface area contributed by atoms with Crippen molar-refractivity contribution in [2.24, 2.45) is 0 Å². The lowest BCUT2D eigenvalue weighted by molar-refractivity contribution is -0.141. The Morgan fingerprint density at radius 2 is 1.33 bits per heavy atom. The molecule has 0 unspecified atom stereocenters. The van der Waals surface area contributed by atoms with Crippen LogP contribution in [0.2, 0.25) is 0 Å². The average Bonchev–Trinajstić information content (AvgIpc) is 2.67. The third-order valence-electron chi connectivity index (χ3n) is 3.77. The van der Waals surface area contributed by atoms with Crippen LogP contribution < -0.4 is 0 Å². The molecule has 0 bridgehead atoms. The van der Waals surface area contributed by atoms with Crippen molar-refractivity contribution in [1.29, 1.82) is 0 Å². The number of hydrogen-bond acceptors (Lipinski definition) is 4. The summed E-state index contributed by atoms with van der Waals surface area (Å²) in [5.41, 5.74) is 1.42. The number of ether oxygens (including phenoxy) is 1. The van der Waals surface area contributed by atoms with Gasteiger partial charge in [0.05, 0.1) is 19.4 Å². The van der Waals surface area contributed by atoms with Gasteiger partial charge in [0.2, 0.25) is 11.8 Å². The van der Waals surface area contributed by atoms with Gasteiger partial charge in [0.25, 0.3) is 0 Å². The number of imide groups is 3. The molecule has 138 valence electrons. The van der Waals surface area contributed by atoms with Gasteiger partial charge in [-0.15, -0.1) is 12.3 Å². The van der Waals surface area contributed by atoms with Crippen LogP contribution in [0.25, 0.3) is 0 Å². The summed E-state index contributed by atoms with van der Waals surface area (Å²) in [5.74, 6) is 1.20. The molecule has 0 fully saturated rings. The Balaban J connectivity index is 2.11. The molecule has 3 amide bonds. The molecule has 5 nitrogen and oxygen atoms in total. The molecular weight excluding hydrogens is 342 g/mol. The van der Waals surface area contributed by atoms with Crippen LogP contribution >= 0.6 is 0 Å². The van der Waals surface area contributed by atoms with Gasteiger partial charge in [-0.25, -0.2) is 4.79 Å². The van der Waals surface area contributed by atoms with Crippen molar-refractivity contribution in [2.75, 3.05) is 6.61 Å².